The van der Waals surface area contributed by atoms with Gasteiger partial charge in [-0.3, -0.25) is 4.90 Å². The molecule has 0 spiro atoms. The molecule has 1 aromatic carbocycles. The van der Waals surface area contributed by atoms with Crippen LogP contribution in [-0.4, -0.2) is 60.7 Å². The monoisotopic (exact) mass is 335 g/mol. The van der Waals surface area contributed by atoms with Crippen LogP contribution in [0.1, 0.15) is 31.9 Å². The highest BCUT2D eigenvalue weighted by Gasteiger charge is 2.30. The van der Waals surface area contributed by atoms with Crippen LogP contribution in [0.25, 0.3) is 0 Å². The van der Waals surface area contributed by atoms with E-state index in [4.69, 9.17) is 4.74 Å². The number of hydrogen-bond acceptors (Lipinski definition) is 3. The van der Waals surface area contributed by atoms with Crippen LogP contribution in [-0.2, 0) is 4.74 Å². The summed E-state index contributed by atoms with van der Waals surface area (Å²) >= 11 is 0. The van der Waals surface area contributed by atoms with E-state index >= 15 is 0 Å². The van der Waals surface area contributed by atoms with Crippen molar-refractivity contribution < 1.29 is 13.9 Å². The molecule has 2 aliphatic rings. The molecule has 2 amide bonds. The Morgan fingerprint density at radius 1 is 1.33 bits per heavy atom. The van der Waals surface area contributed by atoms with Crippen LogP contribution >= 0.6 is 0 Å². The third-order valence-corrected chi connectivity index (χ3v) is 4.85. The van der Waals surface area contributed by atoms with Crippen molar-refractivity contribution in [3.05, 3.63) is 35.6 Å². The zero-order valence-electron chi connectivity index (χ0n) is 14.4. The van der Waals surface area contributed by atoms with Gasteiger partial charge in [0.05, 0.1) is 13.2 Å². The molecular formula is C18H26FN3O2. The van der Waals surface area contributed by atoms with Gasteiger partial charge in [0.25, 0.3) is 0 Å². The Balaban J connectivity index is 1.56. The summed E-state index contributed by atoms with van der Waals surface area (Å²) in [5, 5.41) is 3.13. The number of nitrogens with one attached hydrogen (secondary N) is 1. The summed E-state index contributed by atoms with van der Waals surface area (Å²) in [7, 11) is 0. The number of ether oxygens (including phenoxy) is 1. The van der Waals surface area contributed by atoms with E-state index < -0.39 is 0 Å². The Hall–Kier alpha value is -1.66. The van der Waals surface area contributed by atoms with Gasteiger partial charge >= 0.3 is 6.03 Å². The summed E-state index contributed by atoms with van der Waals surface area (Å²) in [5.41, 5.74) is 0.777. The second kappa shape index (κ2) is 7.49. The summed E-state index contributed by atoms with van der Waals surface area (Å²) in [4.78, 5) is 16.7. The average Bonchev–Trinajstić information content (AvgIpc) is 3.04. The lowest BCUT2D eigenvalue weighted by Crippen LogP contribution is -2.50. The Kier molecular flexibility index (Phi) is 5.36. The van der Waals surface area contributed by atoms with E-state index in [1.165, 1.54) is 12.1 Å². The number of benzene rings is 1. The number of amides is 2. The average molecular weight is 335 g/mol. The zero-order valence-corrected chi connectivity index (χ0v) is 14.4. The maximum absolute atomic E-state index is 13.4. The minimum Gasteiger partial charge on any atom is -0.370 e. The second-order valence-electron chi connectivity index (χ2n) is 6.88. The van der Waals surface area contributed by atoms with Gasteiger partial charge in [-0.2, -0.15) is 0 Å². The van der Waals surface area contributed by atoms with E-state index in [9.17, 15) is 9.18 Å². The number of carbonyl (C=O) groups is 1. The van der Waals surface area contributed by atoms with Crippen molar-refractivity contribution in [2.75, 3.05) is 32.8 Å². The van der Waals surface area contributed by atoms with Crippen molar-refractivity contribution in [2.24, 2.45) is 0 Å². The Labute approximate surface area is 142 Å². The first kappa shape index (κ1) is 17.2. The SMILES string of the molecule is CC(C)N1CCC(NC(=O)N2CCOC(c3cccc(F)c3)C2)C1. The molecule has 0 radical (unpaired) electrons. The van der Waals surface area contributed by atoms with Crippen LogP contribution in [0.15, 0.2) is 24.3 Å². The summed E-state index contributed by atoms with van der Waals surface area (Å²) in [6, 6.07) is 7.07. The molecule has 1 N–H and O–H groups in total. The van der Waals surface area contributed by atoms with E-state index in [-0.39, 0.29) is 24.0 Å². The summed E-state index contributed by atoms with van der Waals surface area (Å²) in [5.74, 6) is -0.280. The van der Waals surface area contributed by atoms with Gasteiger partial charge in [-0.25, -0.2) is 9.18 Å². The lowest BCUT2D eigenvalue weighted by molar-refractivity contribution is -0.0158. The largest absolute Gasteiger partial charge is 0.370 e. The van der Waals surface area contributed by atoms with Gasteiger partial charge in [0, 0.05) is 31.7 Å². The fourth-order valence-electron chi connectivity index (χ4n) is 3.38. The Morgan fingerprint density at radius 2 is 2.17 bits per heavy atom. The number of nitrogens with zero attached hydrogens (tertiary/aromatic N) is 2. The van der Waals surface area contributed by atoms with Gasteiger partial charge < -0.3 is 15.0 Å². The van der Waals surface area contributed by atoms with E-state index in [0.29, 0.717) is 25.7 Å². The van der Waals surface area contributed by atoms with Crippen molar-refractivity contribution >= 4 is 6.03 Å². The van der Waals surface area contributed by atoms with Gasteiger partial charge in [-0.15, -0.1) is 0 Å². The molecule has 1 aromatic rings. The standard InChI is InChI=1S/C18H26FN3O2/c1-13(2)21-7-6-16(11-21)20-18(23)22-8-9-24-17(12-22)14-4-3-5-15(19)10-14/h3-5,10,13,16-17H,6-9,11-12H2,1-2H3,(H,20,23). The number of halogens is 1. The van der Waals surface area contributed by atoms with Crippen LogP contribution in [0, 0.1) is 5.82 Å². The number of likely N-dealkylation sites (tertiary alicyclic amines) is 1. The van der Waals surface area contributed by atoms with E-state index in [1.807, 2.05) is 6.07 Å². The smallest absolute Gasteiger partial charge is 0.317 e. The molecule has 2 heterocycles. The minimum atomic E-state index is -0.280. The molecule has 3 rings (SSSR count). The van der Waals surface area contributed by atoms with Crippen molar-refractivity contribution in [3.63, 3.8) is 0 Å². The topological polar surface area (TPSA) is 44.8 Å². The van der Waals surface area contributed by atoms with Gasteiger partial charge in [0.1, 0.15) is 11.9 Å². The highest BCUT2D eigenvalue weighted by atomic mass is 19.1. The first-order chi connectivity index (χ1) is 11.5. The molecule has 2 fully saturated rings. The van der Waals surface area contributed by atoms with Crippen molar-refractivity contribution in [3.8, 4) is 0 Å². The number of carbonyl (C=O) groups excluding carboxylic acids is 1. The molecule has 2 unspecified atom stereocenters. The van der Waals surface area contributed by atoms with Crippen molar-refractivity contribution in [1.82, 2.24) is 15.1 Å². The maximum atomic E-state index is 13.4. The molecule has 0 aliphatic carbocycles. The van der Waals surface area contributed by atoms with Crippen LogP contribution < -0.4 is 5.32 Å². The van der Waals surface area contributed by atoms with Crippen LogP contribution in [0.5, 0.6) is 0 Å². The highest BCUT2D eigenvalue weighted by Crippen LogP contribution is 2.23. The molecule has 2 aliphatic heterocycles. The molecule has 6 heteroatoms. The van der Waals surface area contributed by atoms with E-state index in [1.54, 1.807) is 11.0 Å². The fraction of sp³-hybridized carbons (Fsp3) is 0.611. The number of hydrogen-bond donors (Lipinski definition) is 1. The predicted molar refractivity (Wildman–Crippen MR) is 90.3 cm³/mol. The van der Waals surface area contributed by atoms with Crippen molar-refractivity contribution in [1.29, 1.82) is 0 Å². The zero-order chi connectivity index (χ0) is 17.1. The summed E-state index contributed by atoms with van der Waals surface area (Å²) in [6.45, 7) is 7.77. The lowest BCUT2D eigenvalue weighted by Gasteiger charge is -2.34. The lowest BCUT2D eigenvalue weighted by atomic mass is 10.1. The highest BCUT2D eigenvalue weighted by molar-refractivity contribution is 5.74. The summed E-state index contributed by atoms with van der Waals surface area (Å²) in [6.07, 6.45) is 0.720. The molecular weight excluding hydrogens is 309 g/mol. The van der Waals surface area contributed by atoms with E-state index in [0.717, 1.165) is 25.1 Å². The number of rotatable bonds is 3. The quantitative estimate of drug-likeness (QED) is 0.922. The van der Waals surface area contributed by atoms with Crippen molar-refractivity contribution in [2.45, 2.75) is 38.5 Å². The Morgan fingerprint density at radius 3 is 2.88 bits per heavy atom. The number of morpholine rings is 1. The van der Waals surface area contributed by atoms with Gasteiger partial charge in [-0.05, 0) is 38.0 Å². The molecule has 24 heavy (non-hydrogen) atoms. The first-order valence-corrected chi connectivity index (χ1v) is 8.69. The predicted octanol–water partition coefficient (Wildman–Crippen LogP) is 2.39. The minimum absolute atomic E-state index is 0.0460. The first-order valence-electron chi connectivity index (χ1n) is 8.69. The van der Waals surface area contributed by atoms with E-state index in [2.05, 4.69) is 24.1 Å². The second-order valence-corrected chi connectivity index (χ2v) is 6.88. The maximum Gasteiger partial charge on any atom is 0.317 e. The molecule has 0 bridgehead atoms. The molecule has 0 aromatic heterocycles. The molecule has 132 valence electrons. The van der Waals surface area contributed by atoms with Gasteiger partial charge in [-0.1, -0.05) is 12.1 Å². The van der Waals surface area contributed by atoms with Gasteiger partial charge in [0.15, 0.2) is 0 Å². The fourth-order valence-corrected chi connectivity index (χ4v) is 3.38. The third kappa shape index (κ3) is 4.05. The molecule has 2 atom stereocenters. The molecule has 0 saturated carbocycles. The van der Waals surface area contributed by atoms with Crippen LogP contribution in [0.4, 0.5) is 9.18 Å². The molecule has 2 saturated heterocycles. The van der Waals surface area contributed by atoms with Gasteiger partial charge in [0.2, 0.25) is 0 Å². The Bertz CT molecular complexity index is 581. The third-order valence-electron chi connectivity index (χ3n) is 4.85. The molecule has 5 nitrogen and oxygen atoms in total. The van der Waals surface area contributed by atoms with Crippen LogP contribution in [0.2, 0.25) is 0 Å². The normalized spacial score (nSPS) is 25.2. The summed E-state index contributed by atoms with van der Waals surface area (Å²) < 4.78 is 19.1. The number of urea groups is 1. The van der Waals surface area contributed by atoms with Crippen LogP contribution in [0.3, 0.4) is 0 Å².